The second kappa shape index (κ2) is 12.2. The van der Waals surface area contributed by atoms with Gasteiger partial charge in [-0.25, -0.2) is 9.78 Å². The summed E-state index contributed by atoms with van der Waals surface area (Å²) in [6, 6.07) is 5.43. The zero-order chi connectivity index (χ0) is 24.6. The summed E-state index contributed by atoms with van der Waals surface area (Å²) < 4.78 is 1.62. The molecule has 1 amide bonds. The van der Waals surface area contributed by atoms with E-state index in [0.717, 1.165) is 45.3 Å². The van der Waals surface area contributed by atoms with Gasteiger partial charge in [0.1, 0.15) is 11.6 Å². The van der Waals surface area contributed by atoms with Crippen LogP contribution in [-0.2, 0) is 6.54 Å². The molecule has 2 fully saturated rings. The van der Waals surface area contributed by atoms with Gasteiger partial charge in [-0.1, -0.05) is 0 Å². The maximum Gasteiger partial charge on any atom is 0.349 e. The third-order valence-electron chi connectivity index (χ3n) is 6.75. The lowest BCUT2D eigenvalue weighted by Crippen LogP contribution is -2.48. The second-order valence-corrected chi connectivity index (χ2v) is 9.28. The van der Waals surface area contributed by atoms with Crippen molar-refractivity contribution in [3.63, 3.8) is 0 Å². The Bertz CT molecular complexity index is 1030. The van der Waals surface area contributed by atoms with Gasteiger partial charge in [-0.15, -0.1) is 0 Å². The summed E-state index contributed by atoms with van der Waals surface area (Å²) in [6.45, 7) is 6.21. The summed E-state index contributed by atoms with van der Waals surface area (Å²) in [4.78, 5) is 39.8. The van der Waals surface area contributed by atoms with Gasteiger partial charge in [0.2, 0.25) is 0 Å². The second-order valence-electron chi connectivity index (χ2n) is 9.28. The summed E-state index contributed by atoms with van der Waals surface area (Å²) in [5.41, 5.74) is 6.16. The standard InChI is InChI=1S/C24H36N8O3/c25-20-4-10-29(11-5-20)8-1-2-9-32-12-6-21(28-24(32)35)27-22-17-19(3-7-26-22)23(34)31-15-13-30(18-33)14-16-31/h3,6-7,12,17,20,33H,1-2,4-5,8-11,13-16,18,25H2,(H,26,27,28,35). The number of aliphatic hydroxyl groups excluding tert-OH is 1. The van der Waals surface area contributed by atoms with Crippen molar-refractivity contribution < 1.29 is 9.90 Å². The van der Waals surface area contributed by atoms with E-state index in [1.54, 1.807) is 40.1 Å². The van der Waals surface area contributed by atoms with E-state index in [0.29, 0.717) is 56.0 Å². The molecule has 190 valence electrons. The average Bonchev–Trinajstić information content (AvgIpc) is 2.88. The van der Waals surface area contributed by atoms with Gasteiger partial charge in [0, 0.05) is 56.7 Å². The number of rotatable bonds is 9. The fourth-order valence-electron chi connectivity index (χ4n) is 4.50. The Hall–Kier alpha value is -2.86. The third kappa shape index (κ3) is 7.07. The third-order valence-corrected chi connectivity index (χ3v) is 6.75. The molecule has 2 saturated heterocycles. The first-order valence-electron chi connectivity index (χ1n) is 12.4. The molecule has 0 aliphatic carbocycles. The lowest BCUT2D eigenvalue weighted by molar-refractivity contribution is 0.0423. The van der Waals surface area contributed by atoms with E-state index in [1.807, 2.05) is 4.90 Å². The molecule has 4 heterocycles. The summed E-state index contributed by atoms with van der Waals surface area (Å²) in [5, 5.41) is 12.3. The maximum atomic E-state index is 12.9. The molecular formula is C24H36N8O3. The number of hydrogen-bond donors (Lipinski definition) is 3. The number of likely N-dealkylation sites (tertiary alicyclic amines) is 1. The monoisotopic (exact) mass is 484 g/mol. The van der Waals surface area contributed by atoms with E-state index in [9.17, 15) is 14.7 Å². The normalized spacial score (nSPS) is 18.1. The molecule has 0 unspecified atom stereocenters. The first-order chi connectivity index (χ1) is 17.0. The van der Waals surface area contributed by atoms with Crippen LogP contribution in [0.1, 0.15) is 36.0 Å². The van der Waals surface area contributed by atoms with Gasteiger partial charge in [0.05, 0.1) is 6.73 Å². The van der Waals surface area contributed by atoms with Crippen molar-refractivity contribution in [3.05, 3.63) is 46.6 Å². The number of unbranched alkanes of at least 4 members (excludes halogenated alkanes) is 1. The number of carbonyl (C=O) groups is 1. The van der Waals surface area contributed by atoms with E-state index in [4.69, 9.17) is 5.73 Å². The molecular weight excluding hydrogens is 448 g/mol. The Kier molecular flexibility index (Phi) is 8.80. The molecule has 0 bridgehead atoms. The van der Waals surface area contributed by atoms with Gasteiger partial charge in [-0.05, 0) is 63.5 Å². The zero-order valence-electron chi connectivity index (χ0n) is 20.2. The minimum atomic E-state index is -0.312. The molecule has 11 heteroatoms. The van der Waals surface area contributed by atoms with Gasteiger partial charge in [0.15, 0.2) is 0 Å². The molecule has 0 spiro atoms. The minimum absolute atomic E-state index is 0.00528. The van der Waals surface area contributed by atoms with Gasteiger partial charge in [-0.2, -0.15) is 4.98 Å². The lowest BCUT2D eigenvalue weighted by atomic mass is 10.1. The minimum Gasteiger partial charge on any atom is -0.381 e. The lowest BCUT2D eigenvalue weighted by Gasteiger charge is -2.33. The van der Waals surface area contributed by atoms with Gasteiger partial charge < -0.3 is 26.0 Å². The topological polar surface area (TPSA) is 133 Å². The van der Waals surface area contributed by atoms with E-state index in [-0.39, 0.29) is 18.3 Å². The Morgan fingerprint density at radius 3 is 2.49 bits per heavy atom. The predicted molar refractivity (Wildman–Crippen MR) is 133 cm³/mol. The smallest absolute Gasteiger partial charge is 0.349 e. The largest absolute Gasteiger partial charge is 0.381 e. The van der Waals surface area contributed by atoms with E-state index in [2.05, 4.69) is 20.2 Å². The number of amides is 1. The molecule has 35 heavy (non-hydrogen) atoms. The molecule has 2 aliphatic rings. The summed E-state index contributed by atoms with van der Waals surface area (Å²) in [7, 11) is 0. The number of nitrogens with two attached hydrogens (primary N) is 1. The summed E-state index contributed by atoms with van der Waals surface area (Å²) >= 11 is 0. The SMILES string of the molecule is NC1CCN(CCCCn2ccc(Nc3cc(C(=O)N4CCN(CO)CC4)ccn3)nc2=O)CC1. The highest BCUT2D eigenvalue weighted by Crippen LogP contribution is 2.15. The predicted octanol–water partition coefficient (Wildman–Crippen LogP) is 0.293. The molecule has 11 nitrogen and oxygen atoms in total. The number of aliphatic hydroxyl groups is 1. The van der Waals surface area contributed by atoms with Crippen molar-refractivity contribution in [1.29, 1.82) is 0 Å². The molecule has 4 N–H and O–H groups in total. The molecule has 2 aromatic rings. The Morgan fingerprint density at radius 1 is 1.03 bits per heavy atom. The summed E-state index contributed by atoms with van der Waals surface area (Å²) in [5.74, 6) is 0.768. The number of piperidine rings is 1. The van der Waals surface area contributed by atoms with E-state index in [1.165, 1.54) is 0 Å². The Labute approximate surface area is 205 Å². The Morgan fingerprint density at radius 2 is 1.77 bits per heavy atom. The van der Waals surface area contributed by atoms with Crippen molar-refractivity contribution >= 4 is 17.5 Å². The summed E-state index contributed by atoms with van der Waals surface area (Å²) in [6.07, 6.45) is 7.37. The fraction of sp³-hybridized carbons (Fsp3) is 0.583. The molecule has 0 radical (unpaired) electrons. The highest BCUT2D eigenvalue weighted by atomic mass is 16.3. The number of nitrogens with zero attached hydrogens (tertiary/aromatic N) is 6. The van der Waals surface area contributed by atoms with Gasteiger partial charge >= 0.3 is 5.69 Å². The number of nitrogens with one attached hydrogen (secondary N) is 1. The first-order valence-corrected chi connectivity index (χ1v) is 12.4. The number of pyridine rings is 1. The van der Waals surface area contributed by atoms with Crippen LogP contribution in [0, 0.1) is 0 Å². The zero-order valence-corrected chi connectivity index (χ0v) is 20.2. The molecule has 2 aliphatic heterocycles. The van der Waals surface area contributed by atoms with Crippen molar-refractivity contribution in [1.82, 2.24) is 29.2 Å². The number of aromatic nitrogens is 3. The molecule has 0 saturated carbocycles. The van der Waals surface area contributed by atoms with Crippen LogP contribution >= 0.6 is 0 Å². The van der Waals surface area contributed by atoms with Gasteiger partial charge in [0.25, 0.3) is 5.91 Å². The van der Waals surface area contributed by atoms with Gasteiger partial charge in [-0.3, -0.25) is 14.3 Å². The molecule has 0 aromatic carbocycles. The Balaban J connectivity index is 1.27. The van der Waals surface area contributed by atoms with E-state index >= 15 is 0 Å². The van der Waals surface area contributed by atoms with Crippen LogP contribution in [0.5, 0.6) is 0 Å². The number of hydrogen-bond acceptors (Lipinski definition) is 9. The van der Waals surface area contributed by atoms with E-state index < -0.39 is 0 Å². The molecule has 2 aromatic heterocycles. The quantitative estimate of drug-likeness (QED) is 0.430. The molecule has 4 rings (SSSR count). The van der Waals surface area contributed by atoms with Crippen molar-refractivity contribution in [2.45, 2.75) is 38.3 Å². The number of carbonyl (C=O) groups excluding carboxylic acids is 1. The van der Waals surface area contributed by atoms with Crippen LogP contribution in [0.15, 0.2) is 35.4 Å². The van der Waals surface area contributed by atoms with Crippen LogP contribution < -0.4 is 16.7 Å². The number of anilines is 2. The van der Waals surface area contributed by atoms with Crippen LogP contribution in [0.2, 0.25) is 0 Å². The maximum absolute atomic E-state index is 12.9. The highest BCUT2D eigenvalue weighted by molar-refractivity contribution is 5.95. The molecule has 0 atom stereocenters. The number of aryl methyl sites for hydroxylation is 1. The van der Waals surface area contributed by atoms with Crippen LogP contribution in [-0.4, -0.2) is 98.8 Å². The highest BCUT2D eigenvalue weighted by Gasteiger charge is 2.22. The van der Waals surface area contributed by atoms with Crippen LogP contribution in [0.3, 0.4) is 0 Å². The first kappa shape index (κ1) is 25.2. The average molecular weight is 485 g/mol. The fourth-order valence-corrected chi connectivity index (χ4v) is 4.50. The van der Waals surface area contributed by atoms with Crippen molar-refractivity contribution in [2.24, 2.45) is 5.73 Å². The number of piperazine rings is 1. The van der Waals surface area contributed by atoms with Crippen molar-refractivity contribution in [3.8, 4) is 0 Å². The van der Waals surface area contributed by atoms with Crippen molar-refractivity contribution in [2.75, 3.05) is 57.9 Å². The van der Waals surface area contributed by atoms with Crippen LogP contribution in [0.4, 0.5) is 11.6 Å². The van der Waals surface area contributed by atoms with Crippen LogP contribution in [0.25, 0.3) is 0 Å².